The fourth-order valence-electron chi connectivity index (χ4n) is 9.87. The molecule has 48 heteroatoms. The Labute approximate surface area is 618 Å². The van der Waals surface area contributed by atoms with Gasteiger partial charge in [-0.2, -0.15) is 35.5 Å². The van der Waals surface area contributed by atoms with Crippen molar-refractivity contribution < 1.29 is 163 Å². The molecule has 0 bridgehead atoms. The van der Waals surface area contributed by atoms with E-state index in [2.05, 4.69) is 60.0 Å². The molecule has 109 heavy (non-hydrogen) atoms. The number of unbranched alkanes of at least 4 members (excludes halogenated alkanes) is 2. The molecule has 7 unspecified atom stereocenters. The average molecular weight is 1660 g/mol. The van der Waals surface area contributed by atoms with Gasteiger partial charge >= 0.3 is 51.5 Å². The van der Waals surface area contributed by atoms with Crippen molar-refractivity contribution in [3.05, 3.63) is 84.9 Å². The molecule has 0 radical (unpaired) electrons. The number of para-hydroxylation sites is 4. The molecule has 608 valence electrons. The largest absolute Gasteiger partial charge is 0.472 e. The van der Waals surface area contributed by atoms with Gasteiger partial charge in [-0.3, -0.25) is 64.4 Å². The molecule has 0 fully saturated rings. The van der Waals surface area contributed by atoms with Gasteiger partial charge in [-0.05, 0) is 62.1 Å². The summed E-state index contributed by atoms with van der Waals surface area (Å²) in [6, 6.07) is 22.2. The number of alkyl halides is 6. The van der Waals surface area contributed by atoms with Crippen LogP contribution >= 0.6 is 39.1 Å². The van der Waals surface area contributed by atoms with E-state index in [4.69, 9.17) is 27.1 Å². The zero-order valence-corrected chi connectivity index (χ0v) is 62.7. The van der Waals surface area contributed by atoms with Crippen molar-refractivity contribution in [1.29, 1.82) is 0 Å². The Bertz CT molecular complexity index is 4160. The van der Waals surface area contributed by atoms with E-state index in [1.54, 1.807) is 54.6 Å². The van der Waals surface area contributed by atoms with E-state index in [0.29, 0.717) is 39.0 Å². The van der Waals surface area contributed by atoms with Gasteiger partial charge in [-0.1, -0.05) is 24.3 Å². The van der Waals surface area contributed by atoms with Gasteiger partial charge in [-0.15, -0.1) is 0 Å². The van der Waals surface area contributed by atoms with Crippen molar-refractivity contribution in [2.45, 2.75) is 108 Å². The van der Waals surface area contributed by atoms with Gasteiger partial charge in [-0.25, -0.2) is 32.8 Å². The molecule has 0 saturated heterocycles. The Morgan fingerprint density at radius 1 is 0.431 bits per heavy atom. The fourth-order valence-corrected chi connectivity index (χ4v) is 13.8. The first-order chi connectivity index (χ1) is 51.4. The minimum atomic E-state index is -5.47. The Kier molecular flexibility index (Phi) is 37.0. The number of amides is 4. The number of nitrogens with one attached hydrogen (secondary N) is 6. The zero-order valence-electron chi connectivity index (χ0n) is 58.2. The lowest BCUT2D eigenvalue weighted by Crippen LogP contribution is -2.42. The molecule has 0 aliphatic carbocycles. The third-order valence-corrected chi connectivity index (χ3v) is 20.0. The highest BCUT2D eigenvalue weighted by Gasteiger charge is 2.35. The summed E-state index contributed by atoms with van der Waals surface area (Å²) in [6.45, 7) is -10.3. The van der Waals surface area contributed by atoms with Crippen LogP contribution in [0, 0.1) is 0 Å². The molecule has 0 aliphatic heterocycles. The third kappa shape index (κ3) is 35.0. The minimum Gasteiger partial charge on any atom is -0.394 e. The molecule has 4 aromatic carbocycles. The van der Waals surface area contributed by atoms with E-state index < -0.39 is 185 Å². The fraction of sp³-hybridized carbons (Fsp3) is 0.541. The predicted octanol–water partition coefficient (Wildman–Crippen LogP) is 5.43. The summed E-state index contributed by atoms with van der Waals surface area (Å²) < 4.78 is 190. The zero-order chi connectivity index (χ0) is 79.9. The van der Waals surface area contributed by atoms with Crippen LogP contribution in [0.4, 0.5) is 37.7 Å². The van der Waals surface area contributed by atoms with Crippen LogP contribution in [-0.2, 0) is 100 Å². The van der Waals surface area contributed by atoms with E-state index in [-0.39, 0.29) is 90.8 Å². The van der Waals surface area contributed by atoms with Gasteiger partial charge < -0.3 is 71.7 Å². The number of rotatable bonds is 53. The lowest BCUT2D eigenvalue weighted by molar-refractivity contribution is -0.647. The topological polar surface area (TPSA) is 513 Å². The number of aliphatic hydroxyl groups excluding tert-OH is 3. The van der Waals surface area contributed by atoms with Gasteiger partial charge in [0.25, 0.3) is 0 Å². The van der Waals surface area contributed by atoms with Crippen molar-refractivity contribution in [2.75, 3.05) is 116 Å². The molecule has 0 saturated carbocycles. The van der Waals surface area contributed by atoms with Gasteiger partial charge in [0, 0.05) is 87.5 Å². The summed E-state index contributed by atoms with van der Waals surface area (Å²) in [5.41, 5.74) is 6.59. The number of hydrogen-bond acceptors (Lipinski definition) is 26. The van der Waals surface area contributed by atoms with Crippen LogP contribution in [0.1, 0.15) is 64.2 Å². The number of carbonyl (C=O) groups excluding carboxylic acids is 4. The first kappa shape index (κ1) is 91.4. The molecule has 2 aromatic heterocycles. The predicted molar refractivity (Wildman–Crippen MR) is 373 cm³/mol. The first-order valence-electron chi connectivity index (χ1n) is 33.6. The van der Waals surface area contributed by atoms with Crippen LogP contribution in [0.2, 0.25) is 0 Å². The average Bonchev–Trinajstić information content (AvgIpc) is 0.778. The Hall–Kier alpha value is -6.43. The first-order valence-corrected chi connectivity index (χ1v) is 41.1. The molecule has 4 amide bonds. The summed E-state index contributed by atoms with van der Waals surface area (Å²) in [6.07, 6.45) is -15.8. The summed E-state index contributed by atoms with van der Waals surface area (Å²) in [5, 5.41) is 45.4. The second-order valence-corrected chi connectivity index (χ2v) is 30.9. The molecule has 14 N–H and O–H groups in total. The molecular formula is C61H87F6N10O27P5+2. The smallest absolute Gasteiger partial charge is 0.394 e. The number of benzene rings is 4. The van der Waals surface area contributed by atoms with Gasteiger partial charge in [0.2, 0.25) is 45.7 Å². The van der Waals surface area contributed by atoms with Crippen molar-refractivity contribution in [3.8, 4) is 0 Å². The van der Waals surface area contributed by atoms with Crippen LogP contribution in [-0.4, -0.2) is 209 Å². The second kappa shape index (κ2) is 44.1. The number of fused-ring (bicyclic) bond motifs is 4. The molecule has 7 atom stereocenters. The highest BCUT2D eigenvalue weighted by molar-refractivity contribution is 7.48. The highest BCUT2D eigenvalue weighted by Crippen LogP contribution is 2.48. The number of aliphatic hydroxyl groups is 3. The summed E-state index contributed by atoms with van der Waals surface area (Å²) >= 11 is 0. The van der Waals surface area contributed by atoms with E-state index in [0.717, 1.165) is 16.6 Å². The Morgan fingerprint density at radius 2 is 0.798 bits per heavy atom. The number of phosphoric acid groups is 5. The monoisotopic (exact) mass is 1660 g/mol. The number of phosphoric ester groups is 5. The van der Waals surface area contributed by atoms with Crippen molar-refractivity contribution in [3.63, 3.8) is 0 Å². The Morgan fingerprint density at radius 3 is 1.21 bits per heavy atom. The number of carbonyl (C=O) groups is 4. The van der Waals surface area contributed by atoms with E-state index in [1.807, 2.05) is 39.5 Å². The molecule has 37 nitrogen and oxygen atoms in total. The van der Waals surface area contributed by atoms with Crippen LogP contribution < -0.4 is 41.0 Å². The maximum absolute atomic E-state index is 13.7. The maximum Gasteiger partial charge on any atom is 0.472 e. The molecule has 0 spiro atoms. The molecule has 2 heterocycles. The molecule has 6 aromatic rings. The second-order valence-electron chi connectivity index (χ2n) is 23.6. The molecular weight excluding hydrogens is 1570 g/mol. The number of anilines is 2. The van der Waals surface area contributed by atoms with Crippen molar-refractivity contribution >= 4 is 118 Å². The van der Waals surface area contributed by atoms with Crippen molar-refractivity contribution in [1.82, 2.24) is 31.2 Å². The van der Waals surface area contributed by atoms with Crippen LogP contribution in [0.15, 0.2) is 84.9 Å². The van der Waals surface area contributed by atoms with Crippen LogP contribution in [0.25, 0.3) is 44.1 Å². The Balaban J connectivity index is 1.04. The van der Waals surface area contributed by atoms with Gasteiger partial charge in [0.1, 0.15) is 41.4 Å². The summed E-state index contributed by atoms with van der Waals surface area (Å²) in [4.78, 5) is 113. The quantitative estimate of drug-likeness (QED) is 0.00744. The summed E-state index contributed by atoms with van der Waals surface area (Å²) in [5.74, 6) is -3.03. The van der Waals surface area contributed by atoms with Gasteiger partial charge in [0.15, 0.2) is 13.1 Å². The number of aromatic nitrogens is 4. The van der Waals surface area contributed by atoms with Crippen LogP contribution in [0.5, 0.6) is 0 Å². The number of hydrogen-bond donors (Lipinski definition) is 14. The maximum atomic E-state index is 13.7. The lowest BCUT2D eigenvalue weighted by atomic mass is 10.2. The number of nitrogens with zero attached hydrogens (tertiary/aromatic N) is 4. The normalized spacial score (nSPS) is 15.8. The van der Waals surface area contributed by atoms with Gasteiger partial charge in [0.05, 0.1) is 91.0 Å². The molecule has 0 aliphatic rings. The van der Waals surface area contributed by atoms with E-state index in [1.165, 1.54) is 0 Å². The van der Waals surface area contributed by atoms with Crippen molar-refractivity contribution in [2.24, 2.45) is 0 Å². The minimum absolute atomic E-state index is 0.0835. The van der Waals surface area contributed by atoms with Crippen LogP contribution in [0.3, 0.4) is 0 Å². The van der Waals surface area contributed by atoms with E-state index >= 15 is 0 Å². The summed E-state index contributed by atoms with van der Waals surface area (Å²) in [7, 11) is -25.6. The van der Waals surface area contributed by atoms with E-state index in [9.17, 15) is 108 Å². The third-order valence-electron chi connectivity index (χ3n) is 14.9. The highest BCUT2D eigenvalue weighted by atomic mass is 31.2. The number of halogens is 6. The molecule has 6 rings (SSSR count). The lowest BCUT2D eigenvalue weighted by Gasteiger charge is -2.24. The standard InChI is InChI=1S/C61H85F6N10O27P5/c62-60(63,64)21-31-97-105(85,86)95-29-7-5-13-56(81)70-37-47(38-71-57(82)14-6-8-30-96-106(87,88)98-32-22-61(65,66)67)104-109(93,94)103-42-46(73-59(84)20-24-69-44-16-18-51-55(36-44)77(26-28-79)53-12-4-2-10-49(53)75-51)41-102-108(91,92)100-34-33-99-107(89,90)101-40-45(39-80)72-58(83)19-23-68-43-15-17-50-54(35-43)76(25-27-78)52-11-3-1-9-48(52)74-50/h1-4,9-12,15-18,35-36,45-47,78-80H,5-8,13-14,19-34,37-42H2,(H9,70,71,72,73,81,82,83,84,85,86,87,88,89,90,91,92,93,94)/p+2. The SMILES string of the molecule is O=C(CCCCOP(=O)(O)OCCC(F)(F)F)NCC(CNC(=O)CCCCOP(=O)(O)OCCC(F)(F)F)OP(=O)(O)OCC(COP(=O)(O)OCCOP(=O)(O)OCC(CO)NC(=O)CCNc1ccc2nc3ccccc3[n+](CCO)c2c1)NC(=O)CCNc1ccc2nc3ccccc3[n+](CCO)c2c1.